The van der Waals surface area contributed by atoms with Crippen molar-refractivity contribution in [2.45, 2.75) is 20.1 Å². The van der Waals surface area contributed by atoms with Gasteiger partial charge in [0, 0.05) is 25.0 Å². The first-order valence-corrected chi connectivity index (χ1v) is 10.7. The maximum absolute atomic E-state index is 13.1. The molecule has 3 rings (SSSR count). The summed E-state index contributed by atoms with van der Waals surface area (Å²) in [4.78, 5) is 29.7. The van der Waals surface area contributed by atoms with Crippen LogP contribution in [0.2, 0.25) is 0 Å². The van der Waals surface area contributed by atoms with Crippen molar-refractivity contribution in [2.75, 3.05) is 20.8 Å². The highest BCUT2D eigenvalue weighted by atomic mass is 32.1. The maximum Gasteiger partial charge on any atom is 0.286 e. The Labute approximate surface area is 189 Å². The van der Waals surface area contributed by atoms with Gasteiger partial charge < -0.3 is 19.1 Å². The molecule has 0 bridgehead atoms. The minimum atomic E-state index is -0.604. The number of nitro groups is 1. The molecule has 1 heterocycles. The van der Waals surface area contributed by atoms with E-state index in [1.165, 1.54) is 35.5 Å². The van der Waals surface area contributed by atoms with Crippen LogP contribution in [-0.2, 0) is 13.2 Å². The monoisotopic (exact) mass is 457 g/mol. The number of nitrogens with zero attached hydrogens (tertiary/aromatic N) is 3. The third-order valence-corrected chi connectivity index (χ3v) is 5.20. The Kier molecular flexibility index (Phi) is 7.61. The molecule has 0 saturated carbocycles. The topological polar surface area (TPSA) is 104 Å². The van der Waals surface area contributed by atoms with Crippen LogP contribution in [0, 0.1) is 10.1 Å². The fraction of sp³-hybridized carbons (Fsp3) is 0.273. The molecule has 0 aliphatic heterocycles. The summed E-state index contributed by atoms with van der Waals surface area (Å²) in [6.45, 7) is 2.86. The fourth-order valence-electron chi connectivity index (χ4n) is 3.01. The molecule has 0 N–H and O–H groups in total. The number of amides is 1. The average Bonchev–Trinajstić information content (AvgIpc) is 3.31. The molecule has 0 aliphatic rings. The molecule has 1 aromatic heterocycles. The van der Waals surface area contributed by atoms with Crippen LogP contribution < -0.4 is 14.2 Å². The predicted octanol–water partition coefficient (Wildman–Crippen LogP) is 4.31. The lowest BCUT2D eigenvalue weighted by molar-refractivity contribution is -0.385. The van der Waals surface area contributed by atoms with Gasteiger partial charge in [-0.25, -0.2) is 4.98 Å². The van der Waals surface area contributed by atoms with Crippen molar-refractivity contribution in [3.63, 3.8) is 0 Å². The highest BCUT2D eigenvalue weighted by Gasteiger charge is 2.27. The van der Waals surface area contributed by atoms with E-state index in [4.69, 9.17) is 14.2 Å². The first-order valence-electron chi connectivity index (χ1n) is 9.76. The Morgan fingerprint density at radius 2 is 1.94 bits per heavy atom. The molecule has 1 amide bonds. The second kappa shape index (κ2) is 10.6. The molecule has 168 valence electrons. The van der Waals surface area contributed by atoms with Gasteiger partial charge >= 0.3 is 0 Å². The summed E-state index contributed by atoms with van der Waals surface area (Å²) in [6, 6.07) is 9.88. The molecule has 0 fully saturated rings. The number of hydrogen-bond acceptors (Lipinski definition) is 8. The van der Waals surface area contributed by atoms with Gasteiger partial charge in [-0.15, -0.1) is 11.3 Å². The lowest BCUT2D eigenvalue weighted by atomic mass is 10.1. The Balaban J connectivity index is 1.82. The van der Waals surface area contributed by atoms with Crippen LogP contribution in [0.4, 0.5) is 5.69 Å². The van der Waals surface area contributed by atoms with Gasteiger partial charge in [0.15, 0.2) is 11.5 Å². The molecule has 0 saturated heterocycles. The van der Waals surface area contributed by atoms with E-state index >= 15 is 0 Å². The molecule has 0 spiro atoms. The lowest BCUT2D eigenvalue weighted by Crippen LogP contribution is -2.27. The maximum atomic E-state index is 13.1. The standard InChI is InChI=1S/C22H23N3O6S/c1-4-30-17-7-5-15(6-8-17)11-24(2)22(26)18-9-20(29-3)21(10-19(18)25(27)28)31-12-16-13-32-14-23-16/h5-10,13-14H,4,11-12H2,1-3H3. The van der Waals surface area contributed by atoms with Crippen LogP contribution in [0.5, 0.6) is 17.2 Å². The van der Waals surface area contributed by atoms with Gasteiger partial charge in [0.1, 0.15) is 17.9 Å². The molecule has 10 heteroatoms. The van der Waals surface area contributed by atoms with Gasteiger partial charge in [0.2, 0.25) is 0 Å². The second-order valence-corrected chi connectivity index (χ2v) is 7.50. The second-order valence-electron chi connectivity index (χ2n) is 6.78. The van der Waals surface area contributed by atoms with Crippen molar-refractivity contribution in [3.05, 3.63) is 74.2 Å². The van der Waals surface area contributed by atoms with Gasteiger partial charge in [0.25, 0.3) is 11.6 Å². The van der Waals surface area contributed by atoms with Crippen LogP contribution in [0.3, 0.4) is 0 Å². The SMILES string of the molecule is CCOc1ccc(CN(C)C(=O)c2cc(OC)c(OCc3cscn3)cc2[N+](=O)[O-])cc1. The van der Waals surface area contributed by atoms with E-state index in [0.717, 1.165) is 11.3 Å². The fourth-order valence-corrected chi connectivity index (χ4v) is 3.56. The Hall–Kier alpha value is -3.66. The number of benzene rings is 2. The summed E-state index contributed by atoms with van der Waals surface area (Å²) in [6.07, 6.45) is 0. The molecular formula is C22H23N3O6S. The minimum Gasteiger partial charge on any atom is -0.494 e. The summed E-state index contributed by atoms with van der Waals surface area (Å²) in [5.74, 6) is 0.621. The summed E-state index contributed by atoms with van der Waals surface area (Å²) < 4.78 is 16.4. The quantitative estimate of drug-likeness (QED) is 0.330. The highest BCUT2D eigenvalue weighted by molar-refractivity contribution is 7.07. The lowest BCUT2D eigenvalue weighted by Gasteiger charge is -2.19. The summed E-state index contributed by atoms with van der Waals surface area (Å²) in [7, 11) is 3.00. The number of hydrogen-bond donors (Lipinski definition) is 0. The number of nitro benzene ring substituents is 1. The molecule has 2 aromatic carbocycles. The van der Waals surface area contributed by atoms with Crippen molar-refractivity contribution in [2.24, 2.45) is 0 Å². The number of methoxy groups -OCH3 is 1. The molecule has 0 atom stereocenters. The van der Waals surface area contributed by atoms with Gasteiger partial charge in [-0.3, -0.25) is 14.9 Å². The molecule has 32 heavy (non-hydrogen) atoms. The third kappa shape index (κ3) is 5.52. The van der Waals surface area contributed by atoms with E-state index in [9.17, 15) is 14.9 Å². The Morgan fingerprint density at radius 3 is 2.53 bits per heavy atom. The number of carbonyl (C=O) groups is 1. The first kappa shape index (κ1) is 23.0. The van der Waals surface area contributed by atoms with E-state index in [1.54, 1.807) is 12.6 Å². The largest absolute Gasteiger partial charge is 0.494 e. The molecule has 0 unspecified atom stereocenters. The van der Waals surface area contributed by atoms with Crippen molar-refractivity contribution in [3.8, 4) is 17.2 Å². The van der Waals surface area contributed by atoms with Gasteiger partial charge in [0.05, 0.1) is 35.9 Å². The smallest absolute Gasteiger partial charge is 0.286 e. The number of rotatable bonds is 10. The minimum absolute atomic E-state index is 0.0821. The van der Waals surface area contributed by atoms with Crippen LogP contribution in [-0.4, -0.2) is 41.5 Å². The van der Waals surface area contributed by atoms with E-state index in [-0.39, 0.29) is 35.9 Å². The zero-order chi connectivity index (χ0) is 23.1. The molecular weight excluding hydrogens is 434 g/mol. The highest BCUT2D eigenvalue weighted by Crippen LogP contribution is 2.36. The van der Waals surface area contributed by atoms with Gasteiger partial charge in [-0.1, -0.05) is 12.1 Å². The number of aromatic nitrogens is 1. The van der Waals surface area contributed by atoms with Crippen LogP contribution in [0.15, 0.2) is 47.3 Å². The van der Waals surface area contributed by atoms with Gasteiger partial charge in [-0.05, 0) is 24.6 Å². The summed E-state index contributed by atoms with van der Waals surface area (Å²) in [5.41, 5.74) is 2.78. The summed E-state index contributed by atoms with van der Waals surface area (Å²) in [5, 5.41) is 13.5. The number of carbonyl (C=O) groups excluding carboxylic acids is 1. The van der Waals surface area contributed by atoms with Gasteiger partial charge in [-0.2, -0.15) is 0 Å². The van der Waals surface area contributed by atoms with Crippen LogP contribution in [0.25, 0.3) is 0 Å². The van der Waals surface area contributed by atoms with E-state index in [1.807, 2.05) is 36.6 Å². The Morgan fingerprint density at radius 1 is 1.19 bits per heavy atom. The molecule has 0 aliphatic carbocycles. The van der Waals surface area contributed by atoms with Crippen molar-refractivity contribution < 1.29 is 23.9 Å². The summed E-state index contributed by atoms with van der Waals surface area (Å²) >= 11 is 1.42. The van der Waals surface area contributed by atoms with E-state index < -0.39 is 10.8 Å². The average molecular weight is 458 g/mol. The number of thiazole rings is 1. The normalized spacial score (nSPS) is 10.5. The van der Waals surface area contributed by atoms with Crippen molar-refractivity contribution in [1.29, 1.82) is 0 Å². The molecule has 3 aromatic rings. The Bertz CT molecular complexity index is 1070. The van der Waals surface area contributed by atoms with Crippen molar-refractivity contribution in [1.82, 2.24) is 9.88 Å². The first-order chi connectivity index (χ1) is 15.4. The molecule has 0 radical (unpaired) electrons. The third-order valence-electron chi connectivity index (χ3n) is 4.57. The van der Waals surface area contributed by atoms with Crippen LogP contribution >= 0.6 is 11.3 Å². The zero-order valence-corrected chi connectivity index (χ0v) is 18.8. The number of ether oxygens (including phenoxy) is 3. The predicted molar refractivity (Wildman–Crippen MR) is 120 cm³/mol. The van der Waals surface area contributed by atoms with Crippen molar-refractivity contribution >= 4 is 22.9 Å². The zero-order valence-electron chi connectivity index (χ0n) is 17.9. The van der Waals surface area contributed by atoms with E-state index in [2.05, 4.69) is 4.98 Å². The molecule has 9 nitrogen and oxygen atoms in total. The van der Waals surface area contributed by atoms with E-state index in [0.29, 0.717) is 12.3 Å². The van der Waals surface area contributed by atoms with Crippen LogP contribution in [0.1, 0.15) is 28.5 Å².